The van der Waals surface area contributed by atoms with Crippen LogP contribution in [-0.2, 0) is 13.2 Å². The molecule has 0 unspecified atom stereocenters. The molecule has 0 aromatic heterocycles. The predicted octanol–water partition coefficient (Wildman–Crippen LogP) is 3.63. The third-order valence-corrected chi connectivity index (χ3v) is 4.15. The van der Waals surface area contributed by atoms with Gasteiger partial charge < -0.3 is 10.4 Å². The molecule has 2 N–H and O–H groups in total. The lowest BCUT2D eigenvalue weighted by molar-refractivity contribution is 0.282. The van der Waals surface area contributed by atoms with Gasteiger partial charge >= 0.3 is 0 Å². The Hall–Kier alpha value is -1.71. The first-order valence-electron chi connectivity index (χ1n) is 7.48. The van der Waals surface area contributed by atoms with Gasteiger partial charge in [-0.3, -0.25) is 0 Å². The first-order valence-corrected chi connectivity index (χ1v) is 7.48. The molecule has 0 spiro atoms. The molecule has 0 amide bonds. The summed E-state index contributed by atoms with van der Waals surface area (Å²) in [6, 6.07) is 13.3. The third-order valence-electron chi connectivity index (χ3n) is 4.15. The highest BCUT2D eigenvalue weighted by Crippen LogP contribution is 2.25. The van der Waals surface area contributed by atoms with Gasteiger partial charge in [0.1, 0.15) is 5.82 Å². The summed E-state index contributed by atoms with van der Waals surface area (Å²) >= 11 is 0. The fraction of sp³-hybridized carbons (Fsp3) is 0.333. The third kappa shape index (κ3) is 3.31. The van der Waals surface area contributed by atoms with Crippen LogP contribution in [-0.4, -0.2) is 11.1 Å². The van der Waals surface area contributed by atoms with E-state index in [1.165, 1.54) is 25.3 Å². The van der Waals surface area contributed by atoms with Crippen LogP contribution in [0.1, 0.15) is 30.4 Å². The number of halogens is 1. The van der Waals surface area contributed by atoms with Crippen molar-refractivity contribution in [1.82, 2.24) is 5.32 Å². The molecule has 0 aliphatic heterocycles. The zero-order valence-electron chi connectivity index (χ0n) is 12.0. The zero-order chi connectivity index (χ0) is 14.7. The van der Waals surface area contributed by atoms with Crippen molar-refractivity contribution in [2.45, 2.75) is 38.5 Å². The van der Waals surface area contributed by atoms with Gasteiger partial charge in [0.05, 0.1) is 6.61 Å². The summed E-state index contributed by atoms with van der Waals surface area (Å²) in [5.41, 5.74) is 3.29. The monoisotopic (exact) mass is 285 g/mol. The molecule has 0 heterocycles. The minimum absolute atomic E-state index is 0.0294. The highest BCUT2D eigenvalue weighted by Gasteiger charge is 2.16. The minimum atomic E-state index is -0.225. The number of aliphatic hydroxyl groups is 1. The fourth-order valence-corrected chi connectivity index (χ4v) is 2.62. The predicted molar refractivity (Wildman–Crippen MR) is 82.2 cm³/mol. The Balaban J connectivity index is 1.82. The molecule has 0 saturated heterocycles. The topological polar surface area (TPSA) is 32.3 Å². The standard InChI is InChI=1S/C18H20FNO/c19-18-8-7-13(11-20-16-5-2-6-16)10-17(18)15-4-1-3-14(9-15)12-21/h1,3-4,7-10,16,20-21H,2,5-6,11-12H2. The van der Waals surface area contributed by atoms with E-state index >= 15 is 0 Å². The molecule has 0 atom stereocenters. The van der Waals surface area contributed by atoms with E-state index in [4.69, 9.17) is 0 Å². The van der Waals surface area contributed by atoms with Crippen LogP contribution >= 0.6 is 0 Å². The summed E-state index contributed by atoms with van der Waals surface area (Å²) in [5.74, 6) is -0.225. The smallest absolute Gasteiger partial charge is 0.131 e. The molecule has 2 aromatic rings. The maximum absolute atomic E-state index is 14.1. The van der Waals surface area contributed by atoms with Crippen molar-refractivity contribution in [1.29, 1.82) is 0 Å². The maximum Gasteiger partial charge on any atom is 0.131 e. The van der Waals surface area contributed by atoms with E-state index in [-0.39, 0.29) is 12.4 Å². The quantitative estimate of drug-likeness (QED) is 0.879. The maximum atomic E-state index is 14.1. The van der Waals surface area contributed by atoms with Crippen molar-refractivity contribution < 1.29 is 9.50 Å². The van der Waals surface area contributed by atoms with Gasteiger partial charge in [-0.05, 0) is 47.7 Å². The normalized spacial score (nSPS) is 15.0. The number of benzene rings is 2. The number of nitrogens with one attached hydrogen (secondary N) is 1. The molecule has 2 aromatic carbocycles. The average molecular weight is 285 g/mol. The first-order chi connectivity index (χ1) is 10.3. The number of hydrogen-bond acceptors (Lipinski definition) is 2. The second-order valence-electron chi connectivity index (χ2n) is 5.68. The Labute approximate surface area is 124 Å². The lowest BCUT2D eigenvalue weighted by Crippen LogP contribution is -2.34. The van der Waals surface area contributed by atoms with E-state index < -0.39 is 0 Å². The second kappa shape index (κ2) is 6.37. The van der Waals surface area contributed by atoms with Crippen molar-refractivity contribution in [3.05, 3.63) is 59.4 Å². The summed E-state index contributed by atoms with van der Waals surface area (Å²) in [4.78, 5) is 0. The molecule has 0 bridgehead atoms. The van der Waals surface area contributed by atoms with E-state index in [0.717, 1.165) is 23.2 Å². The minimum Gasteiger partial charge on any atom is -0.392 e. The van der Waals surface area contributed by atoms with Gasteiger partial charge in [0, 0.05) is 18.2 Å². The molecule has 1 saturated carbocycles. The molecule has 3 heteroatoms. The summed E-state index contributed by atoms with van der Waals surface area (Å²) in [5, 5.41) is 12.7. The number of rotatable bonds is 5. The highest BCUT2D eigenvalue weighted by atomic mass is 19.1. The number of hydrogen-bond donors (Lipinski definition) is 2. The first kappa shape index (κ1) is 14.2. The van der Waals surface area contributed by atoms with Crippen LogP contribution in [0.5, 0.6) is 0 Å². The second-order valence-corrected chi connectivity index (χ2v) is 5.68. The van der Waals surface area contributed by atoms with Crippen LogP contribution < -0.4 is 5.32 Å². The van der Waals surface area contributed by atoms with Crippen LogP contribution in [0.4, 0.5) is 4.39 Å². The molecule has 110 valence electrons. The molecular formula is C18H20FNO. The van der Waals surface area contributed by atoms with Gasteiger partial charge in [0.2, 0.25) is 0 Å². The van der Waals surface area contributed by atoms with Crippen molar-refractivity contribution in [2.24, 2.45) is 0 Å². The van der Waals surface area contributed by atoms with Gasteiger partial charge in [-0.1, -0.05) is 30.7 Å². The highest BCUT2D eigenvalue weighted by molar-refractivity contribution is 5.65. The van der Waals surface area contributed by atoms with Crippen molar-refractivity contribution in [2.75, 3.05) is 0 Å². The lowest BCUT2D eigenvalue weighted by atomic mass is 9.93. The van der Waals surface area contributed by atoms with E-state index in [0.29, 0.717) is 11.6 Å². The summed E-state index contributed by atoms with van der Waals surface area (Å²) in [7, 11) is 0. The van der Waals surface area contributed by atoms with Crippen molar-refractivity contribution >= 4 is 0 Å². The Bertz CT molecular complexity index is 622. The van der Waals surface area contributed by atoms with Crippen LogP contribution in [0.15, 0.2) is 42.5 Å². The Kier molecular flexibility index (Phi) is 4.32. The molecule has 3 rings (SSSR count). The summed E-state index contributed by atoms with van der Waals surface area (Å²) < 4.78 is 14.1. The van der Waals surface area contributed by atoms with Crippen LogP contribution in [0, 0.1) is 5.82 Å². The Morgan fingerprint density at radius 1 is 1.10 bits per heavy atom. The van der Waals surface area contributed by atoms with E-state index in [2.05, 4.69) is 5.32 Å². The molecule has 0 radical (unpaired) electrons. The summed E-state index contributed by atoms with van der Waals surface area (Å²) in [6.07, 6.45) is 3.79. The van der Waals surface area contributed by atoms with Crippen LogP contribution in [0.2, 0.25) is 0 Å². The van der Waals surface area contributed by atoms with Gasteiger partial charge in [0.15, 0.2) is 0 Å². The molecular weight excluding hydrogens is 265 g/mol. The van der Waals surface area contributed by atoms with E-state index in [1.54, 1.807) is 0 Å². The zero-order valence-corrected chi connectivity index (χ0v) is 12.0. The fourth-order valence-electron chi connectivity index (χ4n) is 2.62. The van der Waals surface area contributed by atoms with Crippen LogP contribution in [0.25, 0.3) is 11.1 Å². The number of aliphatic hydroxyl groups excluding tert-OH is 1. The summed E-state index contributed by atoms with van der Waals surface area (Å²) in [6.45, 7) is 0.746. The van der Waals surface area contributed by atoms with Gasteiger partial charge in [-0.2, -0.15) is 0 Å². The van der Waals surface area contributed by atoms with Crippen molar-refractivity contribution in [3.63, 3.8) is 0 Å². The van der Waals surface area contributed by atoms with Gasteiger partial charge in [0.25, 0.3) is 0 Å². The molecule has 1 fully saturated rings. The Morgan fingerprint density at radius 3 is 2.67 bits per heavy atom. The lowest BCUT2D eigenvalue weighted by Gasteiger charge is -2.26. The van der Waals surface area contributed by atoms with E-state index in [1.807, 2.05) is 36.4 Å². The average Bonchev–Trinajstić information content (AvgIpc) is 2.47. The molecule has 2 nitrogen and oxygen atoms in total. The van der Waals surface area contributed by atoms with Crippen molar-refractivity contribution in [3.8, 4) is 11.1 Å². The van der Waals surface area contributed by atoms with Gasteiger partial charge in [-0.15, -0.1) is 0 Å². The SMILES string of the molecule is OCc1cccc(-c2cc(CNC3CCC3)ccc2F)c1. The molecule has 21 heavy (non-hydrogen) atoms. The molecule has 1 aliphatic carbocycles. The van der Waals surface area contributed by atoms with Gasteiger partial charge in [-0.25, -0.2) is 4.39 Å². The van der Waals surface area contributed by atoms with E-state index in [9.17, 15) is 9.50 Å². The van der Waals surface area contributed by atoms with Crippen LogP contribution in [0.3, 0.4) is 0 Å². The largest absolute Gasteiger partial charge is 0.392 e. The molecule has 1 aliphatic rings. The Morgan fingerprint density at radius 2 is 1.95 bits per heavy atom.